The number of hydrogen-bond acceptors (Lipinski definition) is 2. The van der Waals surface area contributed by atoms with Gasteiger partial charge in [-0.2, -0.15) is 0 Å². The molecule has 5 rings (SSSR count). The monoisotopic (exact) mass is 521 g/mol. The fourth-order valence-corrected chi connectivity index (χ4v) is 9.57. The van der Waals surface area contributed by atoms with E-state index in [1.165, 1.54) is 34.6 Å². The molecule has 3 heteroatoms. The van der Waals surface area contributed by atoms with Gasteiger partial charge in [-0.3, -0.25) is 0 Å². The first-order valence-electron chi connectivity index (χ1n) is 13.9. The van der Waals surface area contributed by atoms with Gasteiger partial charge in [0.2, 0.25) is 0 Å². The Labute approximate surface area is 230 Å². The molecule has 0 amide bonds. The summed E-state index contributed by atoms with van der Waals surface area (Å²) < 4.78 is 6.07. The summed E-state index contributed by atoms with van der Waals surface area (Å²) in [4.78, 5) is 2.56. The van der Waals surface area contributed by atoms with Crippen molar-refractivity contribution in [1.82, 2.24) is 4.90 Å². The second kappa shape index (κ2) is 12.9. The molecular weight excluding hydrogens is 481 g/mol. The minimum absolute atomic E-state index is 0.0426. The minimum atomic E-state index is -0.479. The molecule has 4 aromatic rings. The molecule has 1 aliphatic rings. The molecule has 1 saturated carbocycles. The highest BCUT2D eigenvalue weighted by Crippen LogP contribution is 2.55. The summed E-state index contributed by atoms with van der Waals surface area (Å²) in [7, 11) is 3.66. The van der Waals surface area contributed by atoms with Crippen LogP contribution in [0.25, 0.3) is 0 Å². The van der Waals surface area contributed by atoms with Gasteiger partial charge in [-0.05, 0) is 74.0 Å². The molecule has 0 aromatic heterocycles. The van der Waals surface area contributed by atoms with E-state index in [0.29, 0.717) is 17.5 Å². The summed E-state index contributed by atoms with van der Waals surface area (Å²) in [5.41, 5.74) is 3.35. The van der Waals surface area contributed by atoms with Gasteiger partial charge < -0.3 is 9.64 Å². The van der Waals surface area contributed by atoms with E-state index in [-0.39, 0.29) is 12.1 Å². The molecule has 0 spiro atoms. The lowest BCUT2D eigenvalue weighted by Crippen LogP contribution is -2.41. The number of rotatable bonds is 10. The van der Waals surface area contributed by atoms with E-state index in [1.807, 2.05) is 7.11 Å². The molecule has 4 aromatic carbocycles. The SMILES string of the molecule is CO[C@H](c1ccccc1)[C@H](C)N(C)CC1C(c2ccccc2)CCC1P(c1ccccc1)c1ccccc1. The van der Waals surface area contributed by atoms with Crippen LogP contribution in [0.15, 0.2) is 121 Å². The Morgan fingerprint density at radius 1 is 0.737 bits per heavy atom. The standard InChI is InChI=1S/C35H40NOP/c1-27(35(37-3)29-18-10-5-11-19-29)36(2)26-33-32(28-16-8-4-9-17-28)24-25-34(33)38(30-20-12-6-13-21-30)31-22-14-7-15-23-31/h4-23,27,32-35H,24-26H2,1-3H3/t27-,32?,33?,34?,35-/m0/s1. The highest BCUT2D eigenvalue weighted by molar-refractivity contribution is 7.73. The van der Waals surface area contributed by atoms with Crippen molar-refractivity contribution in [3.63, 3.8) is 0 Å². The van der Waals surface area contributed by atoms with E-state index in [9.17, 15) is 0 Å². The summed E-state index contributed by atoms with van der Waals surface area (Å²) in [6, 6.07) is 44.7. The molecule has 38 heavy (non-hydrogen) atoms. The molecule has 0 bridgehead atoms. The topological polar surface area (TPSA) is 12.5 Å². The summed E-state index contributed by atoms with van der Waals surface area (Å²) in [5.74, 6) is 1.12. The third-order valence-corrected chi connectivity index (χ3v) is 11.4. The zero-order valence-corrected chi connectivity index (χ0v) is 23.8. The van der Waals surface area contributed by atoms with Gasteiger partial charge in [-0.15, -0.1) is 0 Å². The molecule has 3 unspecified atom stereocenters. The van der Waals surface area contributed by atoms with Gasteiger partial charge >= 0.3 is 0 Å². The Kier molecular flexibility index (Phi) is 9.07. The number of ether oxygens (including phenoxy) is 1. The summed E-state index contributed by atoms with van der Waals surface area (Å²) >= 11 is 0. The van der Waals surface area contributed by atoms with Crippen molar-refractivity contribution in [3.8, 4) is 0 Å². The molecule has 196 valence electrons. The molecule has 0 aliphatic heterocycles. The number of hydrogen-bond donors (Lipinski definition) is 0. The van der Waals surface area contributed by atoms with Crippen LogP contribution in [0.2, 0.25) is 0 Å². The molecule has 0 saturated heterocycles. The minimum Gasteiger partial charge on any atom is -0.375 e. The van der Waals surface area contributed by atoms with Crippen molar-refractivity contribution in [2.45, 2.75) is 43.5 Å². The van der Waals surface area contributed by atoms with Gasteiger partial charge in [-0.1, -0.05) is 121 Å². The predicted molar refractivity (Wildman–Crippen MR) is 163 cm³/mol. The van der Waals surface area contributed by atoms with E-state index >= 15 is 0 Å². The Bertz CT molecular complexity index is 1190. The normalized spacial score (nSPS) is 21.0. The molecule has 1 fully saturated rings. The first-order valence-corrected chi connectivity index (χ1v) is 15.3. The number of nitrogens with zero attached hydrogens (tertiary/aromatic N) is 1. The Morgan fingerprint density at radius 3 is 1.76 bits per heavy atom. The second-order valence-electron chi connectivity index (χ2n) is 10.6. The van der Waals surface area contributed by atoms with E-state index in [2.05, 4.69) is 140 Å². The zero-order valence-electron chi connectivity index (χ0n) is 22.9. The predicted octanol–water partition coefficient (Wildman–Crippen LogP) is 7.39. The van der Waals surface area contributed by atoms with Crippen molar-refractivity contribution < 1.29 is 4.74 Å². The average Bonchev–Trinajstić information content (AvgIpc) is 3.38. The van der Waals surface area contributed by atoms with Crippen LogP contribution in [0, 0.1) is 5.92 Å². The lowest BCUT2D eigenvalue weighted by Gasteiger charge is -2.38. The summed E-state index contributed by atoms with van der Waals surface area (Å²) in [6.07, 6.45) is 2.54. The highest BCUT2D eigenvalue weighted by Gasteiger charge is 2.43. The van der Waals surface area contributed by atoms with Crippen LogP contribution in [0.4, 0.5) is 0 Å². The van der Waals surface area contributed by atoms with Gasteiger partial charge in [0.25, 0.3) is 0 Å². The number of likely N-dealkylation sites (N-methyl/N-ethyl adjacent to an activating group) is 1. The van der Waals surface area contributed by atoms with Gasteiger partial charge in [-0.25, -0.2) is 0 Å². The first-order chi connectivity index (χ1) is 18.7. The van der Waals surface area contributed by atoms with E-state index in [0.717, 1.165) is 6.54 Å². The maximum absolute atomic E-state index is 6.07. The zero-order chi connectivity index (χ0) is 26.3. The highest BCUT2D eigenvalue weighted by atomic mass is 31.1. The Hall–Kier alpha value is -2.77. The number of methoxy groups -OCH3 is 1. The third kappa shape index (κ3) is 5.94. The van der Waals surface area contributed by atoms with Crippen LogP contribution in [0.5, 0.6) is 0 Å². The molecule has 2 nitrogen and oxygen atoms in total. The van der Waals surface area contributed by atoms with Crippen molar-refractivity contribution in [1.29, 1.82) is 0 Å². The van der Waals surface area contributed by atoms with Crippen LogP contribution in [-0.2, 0) is 4.74 Å². The largest absolute Gasteiger partial charge is 0.375 e. The van der Waals surface area contributed by atoms with Gasteiger partial charge in [0, 0.05) is 19.7 Å². The van der Waals surface area contributed by atoms with Crippen LogP contribution >= 0.6 is 7.92 Å². The quantitative estimate of drug-likeness (QED) is 0.202. The Morgan fingerprint density at radius 2 is 1.24 bits per heavy atom. The number of benzene rings is 4. The Balaban J connectivity index is 1.49. The molecule has 0 heterocycles. The van der Waals surface area contributed by atoms with Crippen molar-refractivity contribution in [2.75, 3.05) is 20.7 Å². The van der Waals surface area contributed by atoms with E-state index < -0.39 is 7.92 Å². The lowest BCUT2D eigenvalue weighted by atomic mass is 9.88. The van der Waals surface area contributed by atoms with E-state index in [1.54, 1.807) is 0 Å². The molecular formula is C35H40NOP. The fourth-order valence-electron chi connectivity index (χ4n) is 6.42. The second-order valence-corrected chi connectivity index (χ2v) is 13.1. The summed E-state index contributed by atoms with van der Waals surface area (Å²) in [6.45, 7) is 3.37. The van der Waals surface area contributed by atoms with E-state index in [4.69, 9.17) is 4.74 Å². The fraction of sp³-hybridized carbons (Fsp3) is 0.314. The molecule has 0 N–H and O–H groups in total. The lowest BCUT2D eigenvalue weighted by molar-refractivity contribution is 0.0244. The van der Waals surface area contributed by atoms with Crippen molar-refractivity contribution >= 4 is 18.5 Å². The molecule has 0 radical (unpaired) electrons. The van der Waals surface area contributed by atoms with Crippen molar-refractivity contribution in [2.24, 2.45) is 5.92 Å². The molecule has 1 aliphatic carbocycles. The maximum atomic E-state index is 6.07. The van der Waals surface area contributed by atoms with Crippen LogP contribution in [0.3, 0.4) is 0 Å². The van der Waals surface area contributed by atoms with Gasteiger partial charge in [0.1, 0.15) is 0 Å². The summed E-state index contributed by atoms with van der Waals surface area (Å²) in [5, 5.41) is 2.99. The van der Waals surface area contributed by atoms with Crippen LogP contribution in [-0.4, -0.2) is 37.3 Å². The maximum Gasteiger partial charge on any atom is 0.0973 e. The van der Waals surface area contributed by atoms with Crippen LogP contribution < -0.4 is 10.6 Å². The van der Waals surface area contributed by atoms with Crippen molar-refractivity contribution in [3.05, 3.63) is 132 Å². The smallest absolute Gasteiger partial charge is 0.0973 e. The van der Waals surface area contributed by atoms with Gasteiger partial charge in [0.05, 0.1) is 6.10 Å². The third-order valence-electron chi connectivity index (χ3n) is 8.43. The average molecular weight is 522 g/mol. The first kappa shape index (κ1) is 26.8. The molecule has 5 atom stereocenters. The van der Waals surface area contributed by atoms with Gasteiger partial charge in [0.15, 0.2) is 0 Å². The van der Waals surface area contributed by atoms with Crippen LogP contribution in [0.1, 0.15) is 42.9 Å².